The molecule has 0 N–H and O–H groups in total. The number of fused-ring (bicyclic) bond motifs is 2. The Bertz CT molecular complexity index is 1700. The molecule has 1 saturated heterocycles. The monoisotopic (exact) mass is 650 g/mol. The van der Waals surface area contributed by atoms with Crippen molar-refractivity contribution in [1.29, 1.82) is 0 Å². The molecule has 250 valence electrons. The first-order valence-electron chi connectivity index (χ1n) is 16.6. The summed E-state index contributed by atoms with van der Waals surface area (Å²) in [6.45, 7) is 8.11. The van der Waals surface area contributed by atoms with Crippen molar-refractivity contribution in [2.75, 3.05) is 6.61 Å². The van der Waals surface area contributed by atoms with Crippen molar-refractivity contribution in [2.24, 2.45) is 11.3 Å². The second-order valence-corrected chi connectivity index (χ2v) is 13.6. The van der Waals surface area contributed by atoms with Crippen molar-refractivity contribution in [2.45, 2.75) is 83.7 Å². The van der Waals surface area contributed by atoms with Crippen LogP contribution in [0.5, 0.6) is 0 Å². The first kappa shape index (κ1) is 33.3. The quantitative estimate of drug-likeness (QED) is 0.114. The number of rotatable bonds is 7. The summed E-state index contributed by atoms with van der Waals surface area (Å²) in [4.78, 5) is 49.3. The zero-order chi connectivity index (χ0) is 33.9. The molecule has 0 amide bonds. The van der Waals surface area contributed by atoms with Crippen molar-refractivity contribution in [3.05, 3.63) is 119 Å². The standard InChI is InChI=1S/C39H42N2O7/c1-25(2)30-16-17-39(24-45-35(42)27-10-6-5-7-11-27)33(47-37(44)29-13-9-19-41-23-29)20-26(3)14-15-32-38(4,48-32)21-31(34(30)39)46-36(43)28-12-8-18-40-22-28/h5-13,18-20,22-23,31-34H,14-17,21,24H2,1-4H3/t31-,32-,33+,34?,38+,39+/m1/s1. The van der Waals surface area contributed by atoms with Gasteiger partial charge in [0.05, 0.1) is 33.8 Å². The number of carbonyl (C=O) groups is 3. The third-order valence-electron chi connectivity index (χ3n) is 10.1. The number of ether oxygens (including phenoxy) is 4. The van der Waals surface area contributed by atoms with E-state index in [9.17, 15) is 14.4 Å². The fraction of sp³-hybridized carbons (Fsp3) is 0.410. The number of pyridine rings is 2. The Morgan fingerprint density at radius 3 is 2.12 bits per heavy atom. The molecule has 0 spiro atoms. The molecule has 1 aromatic carbocycles. The maximum Gasteiger partial charge on any atom is 0.340 e. The second kappa shape index (κ2) is 13.8. The Hall–Kier alpha value is -4.63. The van der Waals surface area contributed by atoms with Crippen LogP contribution in [0.25, 0.3) is 0 Å². The molecule has 9 nitrogen and oxygen atoms in total. The molecule has 3 aromatic rings. The highest BCUT2D eigenvalue weighted by atomic mass is 16.6. The van der Waals surface area contributed by atoms with Crippen LogP contribution >= 0.6 is 0 Å². The van der Waals surface area contributed by atoms with E-state index in [0.29, 0.717) is 36.0 Å². The Morgan fingerprint density at radius 2 is 1.50 bits per heavy atom. The molecule has 3 heterocycles. The number of allylic oxidation sites excluding steroid dienone is 2. The van der Waals surface area contributed by atoms with Gasteiger partial charge in [-0.1, -0.05) is 34.9 Å². The van der Waals surface area contributed by atoms with E-state index < -0.39 is 47.0 Å². The van der Waals surface area contributed by atoms with Crippen molar-refractivity contribution in [3.8, 4) is 0 Å². The van der Waals surface area contributed by atoms with Gasteiger partial charge in [-0.15, -0.1) is 0 Å². The number of esters is 3. The highest BCUT2D eigenvalue weighted by molar-refractivity contribution is 5.90. The molecular formula is C39H42N2O7. The Morgan fingerprint density at radius 1 is 0.854 bits per heavy atom. The van der Waals surface area contributed by atoms with E-state index in [1.54, 1.807) is 60.9 Å². The van der Waals surface area contributed by atoms with E-state index in [4.69, 9.17) is 18.9 Å². The zero-order valence-electron chi connectivity index (χ0n) is 27.9. The van der Waals surface area contributed by atoms with Crippen LogP contribution in [0.2, 0.25) is 0 Å². The Kier molecular flexibility index (Phi) is 9.60. The van der Waals surface area contributed by atoms with Gasteiger partial charge in [0, 0.05) is 37.1 Å². The third-order valence-corrected chi connectivity index (χ3v) is 10.1. The minimum absolute atomic E-state index is 0.0169. The van der Waals surface area contributed by atoms with Crippen molar-refractivity contribution >= 4 is 17.9 Å². The topological polar surface area (TPSA) is 117 Å². The van der Waals surface area contributed by atoms with Crippen LogP contribution in [0, 0.1) is 11.3 Å². The smallest absolute Gasteiger partial charge is 0.340 e. The van der Waals surface area contributed by atoms with Gasteiger partial charge >= 0.3 is 17.9 Å². The zero-order valence-corrected chi connectivity index (χ0v) is 27.9. The second-order valence-electron chi connectivity index (χ2n) is 13.6. The van der Waals surface area contributed by atoms with E-state index in [-0.39, 0.29) is 12.7 Å². The molecule has 0 radical (unpaired) electrons. The molecule has 48 heavy (non-hydrogen) atoms. The van der Waals surface area contributed by atoms with Crippen LogP contribution in [-0.2, 0) is 18.9 Å². The van der Waals surface area contributed by atoms with Crippen LogP contribution < -0.4 is 0 Å². The average Bonchev–Trinajstić information content (AvgIpc) is 3.57. The maximum absolute atomic E-state index is 13.8. The van der Waals surface area contributed by atoms with E-state index in [2.05, 4.69) is 16.9 Å². The summed E-state index contributed by atoms with van der Waals surface area (Å²) in [5.74, 6) is -1.99. The van der Waals surface area contributed by atoms with Crippen molar-refractivity contribution in [3.63, 3.8) is 0 Å². The van der Waals surface area contributed by atoms with Gasteiger partial charge in [0.25, 0.3) is 0 Å². The van der Waals surface area contributed by atoms with Crippen LogP contribution in [0.15, 0.2) is 102 Å². The number of benzene rings is 1. The lowest BCUT2D eigenvalue weighted by Gasteiger charge is -2.43. The third kappa shape index (κ3) is 6.97. The molecule has 2 aromatic heterocycles. The summed E-state index contributed by atoms with van der Waals surface area (Å²) >= 11 is 0. The van der Waals surface area contributed by atoms with Crippen LogP contribution in [0.1, 0.15) is 90.9 Å². The number of hydrogen-bond acceptors (Lipinski definition) is 9. The number of aromatic nitrogens is 2. The Balaban J connectivity index is 1.49. The lowest BCUT2D eigenvalue weighted by Crippen LogP contribution is -2.50. The molecule has 6 rings (SSSR count). The largest absolute Gasteiger partial charge is 0.461 e. The average molecular weight is 651 g/mol. The molecule has 2 aliphatic carbocycles. The van der Waals surface area contributed by atoms with Crippen LogP contribution in [-0.4, -0.2) is 58.4 Å². The minimum atomic E-state index is -0.985. The molecular weight excluding hydrogens is 608 g/mol. The van der Waals surface area contributed by atoms with Crippen LogP contribution in [0.3, 0.4) is 0 Å². The summed E-state index contributed by atoms with van der Waals surface area (Å²) in [6.07, 6.45) is 9.71. The summed E-state index contributed by atoms with van der Waals surface area (Å²) in [6, 6.07) is 15.5. The van der Waals surface area contributed by atoms with E-state index in [1.807, 2.05) is 32.9 Å². The van der Waals surface area contributed by atoms with Gasteiger partial charge in [0.15, 0.2) is 0 Å². The van der Waals surface area contributed by atoms with E-state index >= 15 is 0 Å². The first-order chi connectivity index (χ1) is 23.1. The van der Waals surface area contributed by atoms with Crippen molar-refractivity contribution in [1.82, 2.24) is 9.97 Å². The van der Waals surface area contributed by atoms with Gasteiger partial charge in [-0.05, 0) is 95.9 Å². The Labute approximate surface area is 281 Å². The molecule has 1 saturated carbocycles. The summed E-state index contributed by atoms with van der Waals surface area (Å²) in [5, 5.41) is 0. The van der Waals surface area contributed by atoms with Gasteiger partial charge in [0.1, 0.15) is 18.8 Å². The predicted octanol–water partition coefficient (Wildman–Crippen LogP) is 7.11. The molecule has 2 fully saturated rings. The first-order valence-corrected chi connectivity index (χ1v) is 16.6. The normalized spacial score (nSPS) is 28.1. The lowest BCUT2D eigenvalue weighted by molar-refractivity contribution is -0.0796. The molecule has 6 atom stereocenters. The number of hydrogen-bond donors (Lipinski definition) is 0. The van der Waals surface area contributed by atoms with Crippen molar-refractivity contribution < 1.29 is 33.3 Å². The van der Waals surface area contributed by atoms with Crippen LogP contribution in [0.4, 0.5) is 0 Å². The predicted molar refractivity (Wildman–Crippen MR) is 178 cm³/mol. The fourth-order valence-corrected chi connectivity index (χ4v) is 7.44. The van der Waals surface area contributed by atoms with Gasteiger partial charge in [0.2, 0.25) is 0 Å². The summed E-state index contributed by atoms with van der Waals surface area (Å²) < 4.78 is 25.4. The molecule has 1 aliphatic heterocycles. The van der Waals surface area contributed by atoms with Gasteiger partial charge in [-0.2, -0.15) is 0 Å². The molecule has 3 aliphatic rings. The van der Waals surface area contributed by atoms with Gasteiger partial charge in [-0.25, -0.2) is 14.4 Å². The van der Waals surface area contributed by atoms with Gasteiger partial charge < -0.3 is 18.9 Å². The van der Waals surface area contributed by atoms with E-state index in [0.717, 1.165) is 29.6 Å². The number of epoxide rings is 1. The highest BCUT2D eigenvalue weighted by Gasteiger charge is 2.61. The molecule has 1 unspecified atom stereocenters. The minimum Gasteiger partial charge on any atom is -0.461 e. The summed E-state index contributed by atoms with van der Waals surface area (Å²) in [7, 11) is 0. The van der Waals surface area contributed by atoms with E-state index in [1.165, 1.54) is 12.4 Å². The highest BCUT2D eigenvalue weighted by Crippen LogP contribution is 2.57. The molecule has 0 bridgehead atoms. The maximum atomic E-state index is 13.8. The fourth-order valence-electron chi connectivity index (χ4n) is 7.44. The number of nitrogens with zero attached hydrogens (tertiary/aromatic N) is 2. The SMILES string of the molecule is CC1=C[C@H](OC(=O)c2cccnc2)[C@@]2(COC(=O)c3ccccc3)CCC(=C(C)C)C2[C@H](OC(=O)c2cccnc2)C[C@]2(C)O[C@@H]2CC1. The molecule has 9 heteroatoms. The lowest BCUT2D eigenvalue weighted by atomic mass is 9.68. The summed E-state index contributed by atoms with van der Waals surface area (Å²) in [5.41, 5.74) is 2.75. The van der Waals surface area contributed by atoms with Gasteiger partial charge in [-0.3, -0.25) is 9.97 Å². The number of carbonyl (C=O) groups excluding carboxylic acids is 3.